The third kappa shape index (κ3) is 6.97. The number of carbonyl (C=O) groups excluding carboxylic acids is 3. The van der Waals surface area contributed by atoms with Crippen molar-refractivity contribution in [1.29, 1.82) is 5.41 Å². The lowest BCUT2D eigenvalue weighted by Gasteiger charge is -2.12. The lowest BCUT2D eigenvalue weighted by atomic mass is 10.0. The first kappa shape index (κ1) is 24.2. The molecule has 4 N–H and O–H groups in total. The molecular weight excluding hydrogens is 438 g/mol. The Morgan fingerprint density at radius 3 is 2.68 bits per heavy atom. The van der Waals surface area contributed by atoms with Crippen LogP contribution in [-0.4, -0.2) is 36.7 Å². The van der Waals surface area contributed by atoms with Gasteiger partial charge >= 0.3 is 5.97 Å². The van der Waals surface area contributed by atoms with Crippen molar-refractivity contribution in [2.24, 2.45) is 5.73 Å². The summed E-state index contributed by atoms with van der Waals surface area (Å²) in [5, 5.41) is 10.4. The number of rotatable bonds is 10. The molecule has 0 saturated heterocycles. The number of methoxy groups -OCH3 is 1. The Kier molecular flexibility index (Phi) is 9.30. The number of halogens is 1. The Bertz CT molecular complexity index is 1020. The smallest absolute Gasteiger partial charge is 0.306 e. The fourth-order valence-electron chi connectivity index (χ4n) is 2.60. The first-order chi connectivity index (χ1) is 14.9. The lowest BCUT2D eigenvalue weighted by molar-refractivity contribution is -0.140. The van der Waals surface area contributed by atoms with Crippen molar-refractivity contribution in [3.63, 3.8) is 0 Å². The molecule has 0 heterocycles. The van der Waals surface area contributed by atoms with Gasteiger partial charge < -0.3 is 21.2 Å². The largest absolute Gasteiger partial charge is 0.469 e. The van der Waals surface area contributed by atoms with Gasteiger partial charge in [0.2, 0.25) is 0 Å². The molecule has 0 aliphatic carbocycles. The number of allylic oxidation sites excluding steroid dienone is 1. The molecule has 0 aromatic heterocycles. The van der Waals surface area contributed by atoms with Crippen LogP contribution in [0.25, 0.3) is 0 Å². The molecule has 1 amide bonds. The minimum Gasteiger partial charge on any atom is -0.469 e. The van der Waals surface area contributed by atoms with E-state index in [2.05, 4.69) is 10.1 Å². The maximum absolute atomic E-state index is 12.8. The first-order valence-corrected chi connectivity index (χ1v) is 10.7. The van der Waals surface area contributed by atoms with Gasteiger partial charge in [0.15, 0.2) is 5.78 Å². The van der Waals surface area contributed by atoms with Crippen molar-refractivity contribution in [2.45, 2.75) is 12.2 Å². The van der Waals surface area contributed by atoms with E-state index in [9.17, 15) is 14.4 Å². The van der Waals surface area contributed by atoms with E-state index in [1.165, 1.54) is 19.2 Å². The van der Waals surface area contributed by atoms with E-state index in [1.54, 1.807) is 36.0 Å². The molecule has 7 nitrogen and oxygen atoms in total. The minimum absolute atomic E-state index is 0.0243. The summed E-state index contributed by atoms with van der Waals surface area (Å²) in [6.07, 6.45) is 2.20. The van der Waals surface area contributed by atoms with Crippen LogP contribution in [0.3, 0.4) is 0 Å². The van der Waals surface area contributed by atoms with Crippen molar-refractivity contribution < 1.29 is 19.1 Å². The fourth-order valence-corrected chi connectivity index (χ4v) is 3.65. The van der Waals surface area contributed by atoms with Crippen molar-refractivity contribution in [2.75, 3.05) is 18.2 Å². The van der Waals surface area contributed by atoms with Gasteiger partial charge in [-0.1, -0.05) is 23.7 Å². The summed E-state index contributed by atoms with van der Waals surface area (Å²) in [6, 6.07) is 11.6. The molecule has 0 aliphatic rings. The molecule has 2 aromatic carbocycles. The molecule has 0 bridgehead atoms. The van der Waals surface area contributed by atoms with Crippen LogP contribution in [0.5, 0.6) is 0 Å². The highest BCUT2D eigenvalue weighted by molar-refractivity contribution is 7.98. The summed E-state index contributed by atoms with van der Waals surface area (Å²) >= 11 is 7.57. The van der Waals surface area contributed by atoms with E-state index in [-0.39, 0.29) is 22.8 Å². The van der Waals surface area contributed by atoms with Crippen LogP contribution in [0, 0.1) is 5.41 Å². The minimum atomic E-state index is -0.522. The standard InChI is InChI=1S/C22H22ClN3O4S/c1-30-20(27)7-8-31-13-14-3-2-4-15(9-14)22(29)26-19-6-5-17(23)10-18(19)21(28)16(11-24)12-25/h2-6,9-12,24H,7-8,13,25H2,1H3,(H,26,29)/b16-12+,24-11?. The van der Waals surface area contributed by atoms with E-state index in [0.717, 1.165) is 18.0 Å². The van der Waals surface area contributed by atoms with Crippen LogP contribution in [-0.2, 0) is 15.3 Å². The molecule has 0 aliphatic heterocycles. The number of Topliss-reactive ketones (excluding diaryl/α,β-unsaturated/α-hetero) is 1. The van der Waals surface area contributed by atoms with E-state index in [4.69, 9.17) is 22.7 Å². The molecule has 31 heavy (non-hydrogen) atoms. The zero-order chi connectivity index (χ0) is 22.8. The van der Waals surface area contributed by atoms with Crippen molar-refractivity contribution >= 4 is 52.9 Å². The van der Waals surface area contributed by atoms with Crippen LogP contribution < -0.4 is 11.1 Å². The van der Waals surface area contributed by atoms with Gasteiger partial charge in [-0.25, -0.2) is 0 Å². The average Bonchev–Trinajstić information content (AvgIpc) is 2.78. The Balaban J connectivity index is 2.14. The van der Waals surface area contributed by atoms with Crippen LogP contribution in [0.15, 0.2) is 54.2 Å². The average molecular weight is 460 g/mol. The van der Waals surface area contributed by atoms with E-state index >= 15 is 0 Å². The summed E-state index contributed by atoms with van der Waals surface area (Å²) in [5.41, 5.74) is 7.12. The van der Waals surface area contributed by atoms with Gasteiger partial charge in [-0.3, -0.25) is 14.4 Å². The second-order valence-electron chi connectivity index (χ2n) is 6.32. The highest BCUT2D eigenvalue weighted by Crippen LogP contribution is 2.24. The predicted molar refractivity (Wildman–Crippen MR) is 124 cm³/mol. The Labute approximate surface area is 189 Å². The van der Waals surface area contributed by atoms with E-state index < -0.39 is 11.7 Å². The normalized spacial score (nSPS) is 11.0. The SMILES string of the molecule is COC(=O)CCSCc1cccc(C(=O)Nc2ccc(Cl)cc2C(=O)/C(C=N)=C/N)c1. The number of benzene rings is 2. The van der Waals surface area contributed by atoms with Crippen molar-refractivity contribution in [1.82, 2.24) is 0 Å². The highest BCUT2D eigenvalue weighted by atomic mass is 35.5. The molecule has 0 atom stereocenters. The molecule has 0 radical (unpaired) electrons. The third-order valence-corrected chi connectivity index (χ3v) is 5.47. The number of nitrogens with two attached hydrogens (primary N) is 1. The second kappa shape index (κ2) is 11.9. The number of esters is 1. The highest BCUT2D eigenvalue weighted by Gasteiger charge is 2.18. The number of hydrogen-bond acceptors (Lipinski definition) is 7. The van der Waals surface area contributed by atoms with Gasteiger partial charge in [-0.2, -0.15) is 11.8 Å². The number of amides is 1. The van der Waals surface area contributed by atoms with Gasteiger partial charge in [-0.15, -0.1) is 0 Å². The molecule has 0 saturated carbocycles. The third-order valence-electron chi connectivity index (χ3n) is 4.21. The maximum Gasteiger partial charge on any atom is 0.306 e. The van der Waals surface area contributed by atoms with E-state index in [0.29, 0.717) is 28.5 Å². The van der Waals surface area contributed by atoms with Gasteiger partial charge in [0.25, 0.3) is 5.91 Å². The summed E-state index contributed by atoms with van der Waals surface area (Å²) in [6.45, 7) is 0. The Morgan fingerprint density at radius 2 is 2.00 bits per heavy atom. The molecule has 2 aromatic rings. The number of anilines is 1. The maximum atomic E-state index is 12.8. The number of nitrogens with one attached hydrogen (secondary N) is 2. The summed E-state index contributed by atoms with van der Waals surface area (Å²) in [5.74, 6) is 0.0671. The van der Waals surface area contributed by atoms with E-state index in [1.807, 2.05) is 6.07 Å². The van der Waals surface area contributed by atoms with Crippen LogP contribution in [0.4, 0.5) is 5.69 Å². The van der Waals surface area contributed by atoms with Gasteiger partial charge in [0.05, 0.1) is 24.8 Å². The second-order valence-corrected chi connectivity index (χ2v) is 7.86. The summed E-state index contributed by atoms with van der Waals surface area (Å²) in [7, 11) is 1.35. The number of ether oxygens (including phenoxy) is 1. The van der Waals surface area contributed by atoms with Crippen LogP contribution >= 0.6 is 23.4 Å². The molecule has 0 spiro atoms. The van der Waals surface area contributed by atoms with Crippen LogP contribution in [0.1, 0.15) is 32.7 Å². The zero-order valence-electron chi connectivity index (χ0n) is 16.8. The monoisotopic (exact) mass is 459 g/mol. The molecule has 0 unspecified atom stereocenters. The number of carbonyl (C=O) groups is 3. The molecular formula is C22H22ClN3O4S. The van der Waals surface area contributed by atoms with Gasteiger partial charge in [-0.05, 0) is 35.9 Å². The Morgan fingerprint density at radius 1 is 1.23 bits per heavy atom. The number of ketones is 1. The first-order valence-electron chi connectivity index (χ1n) is 9.21. The topological polar surface area (TPSA) is 122 Å². The number of thioether (sulfide) groups is 1. The molecule has 2 rings (SSSR count). The molecule has 0 fully saturated rings. The predicted octanol–water partition coefficient (Wildman–Crippen LogP) is 4.06. The Hall–Kier alpha value is -3.10. The zero-order valence-corrected chi connectivity index (χ0v) is 18.4. The summed E-state index contributed by atoms with van der Waals surface area (Å²) in [4.78, 5) is 36.6. The number of hydrogen-bond donors (Lipinski definition) is 3. The van der Waals surface area contributed by atoms with Crippen LogP contribution in [0.2, 0.25) is 5.02 Å². The lowest BCUT2D eigenvalue weighted by Crippen LogP contribution is -2.16. The van der Waals surface area contributed by atoms with Crippen molar-refractivity contribution in [3.8, 4) is 0 Å². The van der Waals surface area contributed by atoms with Gasteiger partial charge in [0.1, 0.15) is 0 Å². The summed E-state index contributed by atoms with van der Waals surface area (Å²) < 4.78 is 4.61. The quantitative estimate of drug-likeness (QED) is 0.162. The fraction of sp³-hybridized carbons (Fsp3) is 0.182. The van der Waals surface area contributed by atoms with Crippen molar-refractivity contribution in [3.05, 3.63) is 76.0 Å². The van der Waals surface area contributed by atoms with Gasteiger partial charge in [0, 0.05) is 40.1 Å². The molecule has 162 valence electrons. The molecule has 9 heteroatoms.